The maximum atomic E-state index is 12.8. The Hall–Kier alpha value is -1.88. The lowest BCUT2D eigenvalue weighted by Gasteiger charge is -2.07. The van der Waals surface area contributed by atoms with Crippen LogP contribution in [-0.4, -0.2) is 20.2 Å². The van der Waals surface area contributed by atoms with Gasteiger partial charge in [-0.3, -0.25) is 0 Å². The maximum Gasteiger partial charge on any atom is 0.421 e. The van der Waals surface area contributed by atoms with Gasteiger partial charge < -0.3 is 15.2 Å². The highest BCUT2D eigenvalue weighted by Crippen LogP contribution is 2.48. The van der Waals surface area contributed by atoms with Crippen LogP contribution in [0.5, 0.6) is 5.75 Å². The van der Waals surface area contributed by atoms with Gasteiger partial charge in [0.2, 0.25) is 0 Å². The SMILES string of the molecule is COC(=O)c1cc2c(N)c(C(F)(F)F)[pH]c2cc1OC. The standard InChI is InChI=1S/C12H11F3NO3P/c1-18-7-4-8-6(3-5(7)11(17)19-2)9(16)10(20-8)12(13,14)15/h3-4,20H,16H2,1-2H3. The number of ether oxygens (including phenoxy) is 2. The smallest absolute Gasteiger partial charge is 0.421 e. The first-order valence-electron chi connectivity index (χ1n) is 5.44. The molecule has 108 valence electrons. The number of benzene rings is 1. The van der Waals surface area contributed by atoms with Crippen molar-refractivity contribution in [2.45, 2.75) is 6.18 Å². The summed E-state index contributed by atoms with van der Waals surface area (Å²) in [4.78, 5) is 11.6. The van der Waals surface area contributed by atoms with Crippen molar-refractivity contribution in [1.82, 2.24) is 0 Å². The van der Waals surface area contributed by atoms with Crippen LogP contribution >= 0.6 is 8.19 Å². The fraction of sp³-hybridized carbons (Fsp3) is 0.250. The van der Waals surface area contributed by atoms with Gasteiger partial charge in [-0.2, -0.15) is 13.2 Å². The van der Waals surface area contributed by atoms with Gasteiger partial charge in [0, 0.05) is 10.5 Å². The van der Waals surface area contributed by atoms with Gasteiger partial charge in [-0.05, 0) is 12.1 Å². The number of rotatable bonds is 2. The Morgan fingerprint density at radius 2 is 1.95 bits per heavy atom. The summed E-state index contributed by atoms with van der Waals surface area (Å²) < 4.78 is 48.1. The molecule has 0 aliphatic rings. The van der Waals surface area contributed by atoms with E-state index in [1.165, 1.54) is 26.4 Å². The number of halogens is 3. The van der Waals surface area contributed by atoms with E-state index in [9.17, 15) is 18.0 Å². The number of alkyl halides is 3. The molecule has 0 spiro atoms. The number of nitrogens with two attached hydrogens (primary N) is 1. The van der Waals surface area contributed by atoms with Crippen molar-refractivity contribution >= 4 is 30.4 Å². The van der Waals surface area contributed by atoms with Crippen molar-refractivity contribution in [2.24, 2.45) is 0 Å². The van der Waals surface area contributed by atoms with Crippen LogP contribution in [0.2, 0.25) is 0 Å². The van der Waals surface area contributed by atoms with Gasteiger partial charge >= 0.3 is 12.1 Å². The van der Waals surface area contributed by atoms with Crippen LogP contribution in [0.4, 0.5) is 18.9 Å². The van der Waals surface area contributed by atoms with Crippen molar-refractivity contribution in [3.8, 4) is 5.75 Å². The zero-order valence-electron chi connectivity index (χ0n) is 10.6. The molecule has 20 heavy (non-hydrogen) atoms. The van der Waals surface area contributed by atoms with E-state index in [2.05, 4.69) is 4.74 Å². The first-order chi connectivity index (χ1) is 9.29. The van der Waals surface area contributed by atoms with Gasteiger partial charge in [0.15, 0.2) is 0 Å². The molecule has 1 atom stereocenters. The molecule has 2 N–H and O–H groups in total. The number of hydrogen-bond donors (Lipinski definition) is 1. The van der Waals surface area contributed by atoms with Gasteiger partial charge in [-0.15, -0.1) is 8.19 Å². The summed E-state index contributed by atoms with van der Waals surface area (Å²) in [6.07, 6.45) is -4.49. The van der Waals surface area contributed by atoms with E-state index in [1.54, 1.807) is 0 Å². The number of anilines is 1. The summed E-state index contributed by atoms with van der Waals surface area (Å²) in [7, 11) is 1.89. The fourth-order valence-electron chi connectivity index (χ4n) is 1.90. The minimum Gasteiger partial charge on any atom is -0.496 e. The molecule has 0 fully saturated rings. The largest absolute Gasteiger partial charge is 0.496 e. The molecular formula is C12H11F3NO3P. The number of nitrogen functional groups attached to an aromatic ring is 1. The highest BCUT2D eigenvalue weighted by Gasteiger charge is 2.35. The number of fused-ring (bicyclic) bond motifs is 1. The summed E-state index contributed by atoms with van der Waals surface area (Å²) in [5, 5.41) is -0.173. The zero-order valence-corrected chi connectivity index (χ0v) is 11.6. The third-order valence-electron chi connectivity index (χ3n) is 2.85. The molecule has 1 unspecified atom stereocenters. The first-order valence-corrected chi connectivity index (χ1v) is 6.44. The second kappa shape index (κ2) is 4.90. The summed E-state index contributed by atoms with van der Waals surface area (Å²) in [5.74, 6) is -0.527. The van der Waals surface area contributed by atoms with Crippen LogP contribution in [0.3, 0.4) is 0 Å². The van der Waals surface area contributed by atoms with E-state index >= 15 is 0 Å². The monoisotopic (exact) mass is 305 g/mol. The number of carbonyl (C=O) groups excluding carboxylic acids is 1. The quantitative estimate of drug-likeness (QED) is 0.865. The Morgan fingerprint density at radius 1 is 1.30 bits per heavy atom. The number of hydrogen-bond acceptors (Lipinski definition) is 4. The summed E-state index contributed by atoms with van der Waals surface area (Å²) in [6.45, 7) is 0. The molecule has 0 aliphatic heterocycles. The summed E-state index contributed by atoms with van der Waals surface area (Å²) in [6, 6.07) is 2.67. The number of methoxy groups -OCH3 is 2. The molecule has 0 saturated heterocycles. The minimum absolute atomic E-state index is 0.0462. The highest BCUT2D eigenvalue weighted by molar-refractivity contribution is 7.38. The molecule has 2 rings (SSSR count). The van der Waals surface area contributed by atoms with Crippen LogP contribution in [0.1, 0.15) is 15.7 Å². The Kier molecular flexibility index (Phi) is 3.56. The molecule has 1 heterocycles. The average molecular weight is 305 g/mol. The van der Waals surface area contributed by atoms with Gasteiger partial charge in [0.25, 0.3) is 0 Å². The molecule has 0 bridgehead atoms. The van der Waals surface area contributed by atoms with E-state index in [1.807, 2.05) is 0 Å². The molecule has 0 saturated carbocycles. The lowest BCUT2D eigenvalue weighted by molar-refractivity contribution is -0.133. The lowest BCUT2D eigenvalue weighted by atomic mass is 10.1. The highest BCUT2D eigenvalue weighted by atomic mass is 31.0. The fourth-order valence-corrected chi connectivity index (χ4v) is 3.13. The first kappa shape index (κ1) is 14.5. The third-order valence-corrected chi connectivity index (χ3v) is 4.33. The number of carbonyl (C=O) groups is 1. The third kappa shape index (κ3) is 2.29. The van der Waals surface area contributed by atoms with Crippen molar-refractivity contribution in [3.63, 3.8) is 0 Å². The minimum atomic E-state index is -4.49. The molecule has 1 aromatic heterocycles. The van der Waals surface area contributed by atoms with Crippen LogP contribution in [0, 0.1) is 0 Å². The van der Waals surface area contributed by atoms with Crippen molar-refractivity contribution in [3.05, 3.63) is 23.0 Å². The lowest BCUT2D eigenvalue weighted by Crippen LogP contribution is -2.05. The Balaban J connectivity index is 2.75. The molecule has 2 aromatic rings. The molecule has 1 aromatic carbocycles. The van der Waals surface area contributed by atoms with Crippen molar-refractivity contribution in [1.29, 1.82) is 0 Å². The number of esters is 1. The molecule has 0 aliphatic carbocycles. The molecule has 4 nitrogen and oxygen atoms in total. The molecule has 0 radical (unpaired) electrons. The van der Waals surface area contributed by atoms with Crippen LogP contribution in [0.15, 0.2) is 12.1 Å². The van der Waals surface area contributed by atoms with Crippen molar-refractivity contribution < 1.29 is 27.4 Å². The van der Waals surface area contributed by atoms with Crippen LogP contribution in [0.25, 0.3) is 10.5 Å². The summed E-state index contributed by atoms with van der Waals surface area (Å²) >= 11 is 0. The molecule has 8 heteroatoms. The van der Waals surface area contributed by atoms with Gasteiger partial charge in [-0.25, -0.2) is 4.79 Å². The van der Waals surface area contributed by atoms with E-state index in [-0.39, 0.29) is 22.4 Å². The van der Waals surface area contributed by atoms with Gasteiger partial charge in [-0.1, -0.05) is 0 Å². The Bertz CT molecular complexity index is 679. The second-order valence-electron chi connectivity index (χ2n) is 4.00. The topological polar surface area (TPSA) is 61.5 Å². The van der Waals surface area contributed by atoms with E-state index in [0.29, 0.717) is 5.12 Å². The Labute approximate surface area is 113 Å². The van der Waals surface area contributed by atoms with E-state index in [4.69, 9.17) is 10.5 Å². The van der Waals surface area contributed by atoms with Crippen molar-refractivity contribution in [2.75, 3.05) is 20.0 Å². The zero-order chi connectivity index (χ0) is 15.1. The Morgan fingerprint density at radius 3 is 2.45 bits per heavy atom. The average Bonchev–Trinajstić information content (AvgIpc) is 2.73. The van der Waals surface area contributed by atoms with Crippen LogP contribution < -0.4 is 10.5 Å². The maximum absolute atomic E-state index is 12.8. The predicted molar refractivity (Wildman–Crippen MR) is 70.8 cm³/mol. The molecule has 0 amide bonds. The van der Waals surface area contributed by atoms with E-state index in [0.717, 1.165) is 0 Å². The predicted octanol–water partition coefficient (Wildman–Crippen LogP) is 3.27. The normalized spacial score (nSPS) is 12.1. The second-order valence-corrected chi connectivity index (χ2v) is 5.29. The summed E-state index contributed by atoms with van der Waals surface area (Å²) in [5.41, 5.74) is 5.25. The molecular weight excluding hydrogens is 294 g/mol. The van der Waals surface area contributed by atoms with Gasteiger partial charge in [0.1, 0.15) is 11.3 Å². The van der Waals surface area contributed by atoms with E-state index < -0.39 is 25.6 Å². The van der Waals surface area contributed by atoms with Crippen LogP contribution in [-0.2, 0) is 10.9 Å². The van der Waals surface area contributed by atoms with Gasteiger partial charge in [0.05, 0.1) is 25.2 Å².